The van der Waals surface area contributed by atoms with E-state index >= 15 is 0 Å². The molecule has 1 rings (SSSR count). The summed E-state index contributed by atoms with van der Waals surface area (Å²) < 4.78 is 26.7. The first-order valence-corrected chi connectivity index (χ1v) is 5.57. The summed E-state index contributed by atoms with van der Waals surface area (Å²) in [5, 5.41) is 20.5. The van der Waals surface area contributed by atoms with Crippen molar-refractivity contribution < 1.29 is 18.8 Å². The third kappa shape index (κ3) is 2.81. The second-order valence-electron chi connectivity index (χ2n) is 4.59. The Morgan fingerprint density at radius 3 is 2.22 bits per heavy atom. The van der Waals surface area contributed by atoms with Gasteiger partial charge in [0, 0.05) is 17.5 Å². The first-order chi connectivity index (χ1) is 8.25. The van der Waals surface area contributed by atoms with Crippen LogP contribution in [0.4, 0.5) is 14.5 Å². The molecule has 2 unspecified atom stereocenters. The predicted octanol–water partition coefficient (Wildman–Crippen LogP) is 2.99. The summed E-state index contributed by atoms with van der Waals surface area (Å²) >= 11 is 0. The molecule has 0 radical (unpaired) electrons. The molecule has 6 heteroatoms. The van der Waals surface area contributed by atoms with Crippen molar-refractivity contribution in [2.45, 2.75) is 32.8 Å². The van der Waals surface area contributed by atoms with Crippen LogP contribution in [0.25, 0.3) is 0 Å². The Labute approximate surface area is 103 Å². The molecule has 18 heavy (non-hydrogen) atoms. The van der Waals surface area contributed by atoms with E-state index in [9.17, 15) is 24.0 Å². The summed E-state index contributed by atoms with van der Waals surface area (Å²) in [6, 6.07) is 1.39. The summed E-state index contributed by atoms with van der Waals surface area (Å²) in [6.45, 7) is 4.89. The molecular weight excluding hydrogens is 244 g/mol. The van der Waals surface area contributed by atoms with E-state index in [-0.39, 0.29) is 11.5 Å². The van der Waals surface area contributed by atoms with Crippen molar-refractivity contribution >= 4 is 5.69 Å². The molecule has 0 amide bonds. The topological polar surface area (TPSA) is 63.4 Å². The predicted molar refractivity (Wildman–Crippen MR) is 62.3 cm³/mol. The molecule has 0 saturated heterocycles. The number of hydrogen-bond acceptors (Lipinski definition) is 3. The van der Waals surface area contributed by atoms with Crippen molar-refractivity contribution in [2.24, 2.45) is 5.92 Å². The van der Waals surface area contributed by atoms with Gasteiger partial charge < -0.3 is 5.11 Å². The molecule has 0 aromatic heterocycles. The summed E-state index contributed by atoms with van der Waals surface area (Å²) in [5.41, 5.74) is -0.876. The van der Waals surface area contributed by atoms with Crippen molar-refractivity contribution in [1.82, 2.24) is 0 Å². The van der Waals surface area contributed by atoms with Crippen LogP contribution in [0, 0.1) is 27.7 Å². The maximum atomic E-state index is 13.5. The number of halogens is 2. The molecule has 0 saturated carbocycles. The van der Waals surface area contributed by atoms with E-state index < -0.39 is 34.3 Å². The number of hydrogen-bond donors (Lipinski definition) is 1. The maximum Gasteiger partial charge on any atom is 0.308 e. The first-order valence-electron chi connectivity index (χ1n) is 5.57. The van der Waals surface area contributed by atoms with Gasteiger partial charge in [-0.2, -0.15) is 4.39 Å². The van der Waals surface area contributed by atoms with Gasteiger partial charge in [0.2, 0.25) is 5.82 Å². The molecule has 0 aliphatic carbocycles. The zero-order chi connectivity index (χ0) is 14.0. The van der Waals surface area contributed by atoms with Crippen LogP contribution in [0.2, 0.25) is 0 Å². The minimum absolute atomic E-state index is 0.109. The SMILES string of the molecule is CC(C)C(c1cc(F)cc(F)c1[N+](=O)[O-])C(C)O. The molecule has 0 heterocycles. The van der Waals surface area contributed by atoms with Gasteiger partial charge in [0.05, 0.1) is 11.0 Å². The number of nitro benzene ring substituents is 1. The zero-order valence-electron chi connectivity index (χ0n) is 10.4. The third-order valence-corrected chi connectivity index (χ3v) is 2.84. The quantitative estimate of drug-likeness (QED) is 0.667. The highest BCUT2D eigenvalue weighted by Gasteiger charge is 2.31. The van der Waals surface area contributed by atoms with Crippen molar-refractivity contribution in [1.29, 1.82) is 0 Å². The van der Waals surface area contributed by atoms with E-state index in [1.54, 1.807) is 13.8 Å². The van der Waals surface area contributed by atoms with Crippen LogP contribution in [0.3, 0.4) is 0 Å². The Kier molecular flexibility index (Phi) is 4.34. The van der Waals surface area contributed by atoms with Crippen LogP contribution < -0.4 is 0 Å². The maximum absolute atomic E-state index is 13.5. The second-order valence-corrected chi connectivity index (χ2v) is 4.59. The Hall–Kier alpha value is -1.56. The average molecular weight is 259 g/mol. The van der Waals surface area contributed by atoms with Gasteiger partial charge in [-0.05, 0) is 18.9 Å². The summed E-state index contributed by atoms with van der Waals surface area (Å²) in [6.07, 6.45) is -0.940. The molecular formula is C12H15F2NO3. The van der Waals surface area contributed by atoms with Gasteiger partial charge in [0.25, 0.3) is 0 Å². The van der Waals surface area contributed by atoms with Crippen molar-refractivity contribution in [3.8, 4) is 0 Å². The lowest BCUT2D eigenvalue weighted by atomic mass is 9.83. The number of nitro groups is 1. The molecule has 0 aliphatic rings. The lowest BCUT2D eigenvalue weighted by Gasteiger charge is -2.24. The molecule has 1 aromatic rings. The molecule has 0 bridgehead atoms. The van der Waals surface area contributed by atoms with Crippen molar-refractivity contribution in [3.63, 3.8) is 0 Å². The zero-order valence-corrected chi connectivity index (χ0v) is 10.4. The van der Waals surface area contributed by atoms with Crippen LogP contribution in [-0.2, 0) is 0 Å². The lowest BCUT2D eigenvalue weighted by Crippen LogP contribution is -2.22. The minimum Gasteiger partial charge on any atom is -0.393 e. The number of aliphatic hydroxyl groups excluding tert-OH is 1. The Balaban J connectivity index is 3.50. The highest BCUT2D eigenvalue weighted by Crippen LogP contribution is 2.36. The van der Waals surface area contributed by atoms with E-state index in [0.29, 0.717) is 6.07 Å². The molecule has 0 fully saturated rings. The molecule has 0 spiro atoms. The number of aliphatic hydroxyl groups is 1. The van der Waals surface area contributed by atoms with E-state index in [0.717, 1.165) is 6.07 Å². The highest BCUT2D eigenvalue weighted by molar-refractivity contribution is 5.45. The van der Waals surface area contributed by atoms with Gasteiger partial charge >= 0.3 is 5.69 Å². The van der Waals surface area contributed by atoms with Gasteiger partial charge in [-0.3, -0.25) is 10.1 Å². The fraction of sp³-hybridized carbons (Fsp3) is 0.500. The number of nitrogens with zero attached hydrogens (tertiary/aromatic N) is 1. The second kappa shape index (κ2) is 5.39. The summed E-state index contributed by atoms with van der Waals surface area (Å²) in [7, 11) is 0. The van der Waals surface area contributed by atoms with Crippen LogP contribution in [0.15, 0.2) is 12.1 Å². The Bertz CT molecular complexity index is 453. The van der Waals surface area contributed by atoms with Crippen LogP contribution in [0.5, 0.6) is 0 Å². The van der Waals surface area contributed by atoms with E-state index in [4.69, 9.17) is 0 Å². The van der Waals surface area contributed by atoms with E-state index in [2.05, 4.69) is 0 Å². The third-order valence-electron chi connectivity index (χ3n) is 2.84. The van der Waals surface area contributed by atoms with Gasteiger partial charge in [0.15, 0.2) is 0 Å². The molecule has 1 aromatic carbocycles. The number of rotatable bonds is 4. The fourth-order valence-electron chi connectivity index (χ4n) is 2.21. The lowest BCUT2D eigenvalue weighted by molar-refractivity contribution is -0.388. The number of benzene rings is 1. The first kappa shape index (κ1) is 14.5. The monoisotopic (exact) mass is 259 g/mol. The molecule has 100 valence electrons. The van der Waals surface area contributed by atoms with Gasteiger partial charge in [-0.25, -0.2) is 4.39 Å². The van der Waals surface area contributed by atoms with Crippen LogP contribution >= 0.6 is 0 Å². The normalized spacial score (nSPS) is 14.6. The van der Waals surface area contributed by atoms with Crippen molar-refractivity contribution in [2.75, 3.05) is 0 Å². The Morgan fingerprint density at radius 2 is 1.83 bits per heavy atom. The van der Waals surface area contributed by atoms with Gasteiger partial charge in [-0.15, -0.1) is 0 Å². The van der Waals surface area contributed by atoms with Crippen molar-refractivity contribution in [3.05, 3.63) is 39.4 Å². The Morgan fingerprint density at radius 1 is 1.28 bits per heavy atom. The van der Waals surface area contributed by atoms with E-state index in [1.807, 2.05) is 0 Å². The minimum atomic E-state index is -1.22. The average Bonchev–Trinajstić information content (AvgIpc) is 2.13. The molecule has 1 N–H and O–H groups in total. The summed E-state index contributed by atoms with van der Waals surface area (Å²) in [5.74, 6) is -3.00. The van der Waals surface area contributed by atoms with Crippen LogP contribution in [0.1, 0.15) is 32.3 Å². The molecule has 2 atom stereocenters. The highest BCUT2D eigenvalue weighted by atomic mass is 19.1. The standard InChI is InChI=1S/C12H15F2NO3/c1-6(2)11(7(3)16)9-4-8(13)5-10(14)12(9)15(17)18/h4-7,11,16H,1-3H3. The van der Waals surface area contributed by atoms with Gasteiger partial charge in [-0.1, -0.05) is 13.8 Å². The van der Waals surface area contributed by atoms with Gasteiger partial charge in [0.1, 0.15) is 5.82 Å². The smallest absolute Gasteiger partial charge is 0.308 e. The van der Waals surface area contributed by atoms with Crippen LogP contribution in [-0.4, -0.2) is 16.1 Å². The fourth-order valence-corrected chi connectivity index (χ4v) is 2.21. The molecule has 0 aliphatic heterocycles. The van der Waals surface area contributed by atoms with E-state index in [1.165, 1.54) is 6.92 Å². The molecule has 4 nitrogen and oxygen atoms in total. The summed E-state index contributed by atoms with van der Waals surface area (Å²) in [4.78, 5) is 9.98. The largest absolute Gasteiger partial charge is 0.393 e.